The van der Waals surface area contributed by atoms with E-state index in [1.807, 2.05) is 7.05 Å². The Balaban J connectivity index is 1.90. The summed E-state index contributed by atoms with van der Waals surface area (Å²) in [4.78, 5) is 4.90. The molecule has 0 saturated carbocycles. The Labute approximate surface area is 125 Å². The summed E-state index contributed by atoms with van der Waals surface area (Å²) >= 11 is 3.66. The SMILES string of the molecule is CNCc1ccc(N(C)CCN2CCCC2)cc1Br. The summed E-state index contributed by atoms with van der Waals surface area (Å²) < 4.78 is 1.19. The molecule has 1 heterocycles. The Bertz CT molecular complexity index is 402. The third-order valence-electron chi connectivity index (χ3n) is 3.79. The molecule has 1 fully saturated rings. The first-order valence-electron chi connectivity index (χ1n) is 7.07. The molecule has 0 aromatic heterocycles. The van der Waals surface area contributed by atoms with Crippen molar-refractivity contribution in [1.29, 1.82) is 0 Å². The molecule has 0 atom stereocenters. The number of anilines is 1. The molecule has 0 unspecified atom stereocenters. The van der Waals surface area contributed by atoms with Crippen molar-refractivity contribution in [2.24, 2.45) is 0 Å². The van der Waals surface area contributed by atoms with E-state index in [1.165, 1.54) is 48.2 Å². The van der Waals surface area contributed by atoms with Crippen LogP contribution in [0.5, 0.6) is 0 Å². The van der Waals surface area contributed by atoms with E-state index in [2.05, 4.69) is 56.3 Å². The lowest BCUT2D eigenvalue weighted by atomic mass is 10.2. The summed E-state index contributed by atoms with van der Waals surface area (Å²) in [6, 6.07) is 6.63. The van der Waals surface area contributed by atoms with Gasteiger partial charge in [0.2, 0.25) is 0 Å². The van der Waals surface area contributed by atoms with Crippen LogP contribution in [0.2, 0.25) is 0 Å². The molecule has 3 nitrogen and oxygen atoms in total. The maximum Gasteiger partial charge on any atom is 0.0375 e. The monoisotopic (exact) mass is 325 g/mol. The van der Waals surface area contributed by atoms with Gasteiger partial charge in [-0.1, -0.05) is 22.0 Å². The molecule has 0 amide bonds. The number of hydrogen-bond acceptors (Lipinski definition) is 3. The van der Waals surface area contributed by atoms with Gasteiger partial charge in [-0.2, -0.15) is 0 Å². The van der Waals surface area contributed by atoms with Crippen LogP contribution in [0, 0.1) is 0 Å². The number of nitrogens with zero attached hydrogens (tertiary/aromatic N) is 2. The maximum atomic E-state index is 3.66. The van der Waals surface area contributed by atoms with Crippen molar-refractivity contribution in [1.82, 2.24) is 10.2 Å². The Morgan fingerprint density at radius 3 is 2.68 bits per heavy atom. The smallest absolute Gasteiger partial charge is 0.0375 e. The van der Waals surface area contributed by atoms with E-state index in [1.54, 1.807) is 0 Å². The van der Waals surface area contributed by atoms with Crippen LogP contribution in [0.25, 0.3) is 0 Å². The normalized spacial score (nSPS) is 15.9. The molecule has 2 rings (SSSR count). The highest BCUT2D eigenvalue weighted by Gasteiger charge is 2.12. The Morgan fingerprint density at radius 1 is 1.32 bits per heavy atom. The van der Waals surface area contributed by atoms with E-state index in [9.17, 15) is 0 Å². The largest absolute Gasteiger partial charge is 0.373 e. The number of nitrogens with one attached hydrogen (secondary N) is 1. The van der Waals surface area contributed by atoms with Crippen LogP contribution in [0.1, 0.15) is 18.4 Å². The molecule has 1 saturated heterocycles. The third-order valence-corrected chi connectivity index (χ3v) is 4.53. The first kappa shape index (κ1) is 14.8. The van der Waals surface area contributed by atoms with E-state index in [-0.39, 0.29) is 0 Å². The van der Waals surface area contributed by atoms with Gasteiger partial charge in [0, 0.05) is 36.8 Å². The zero-order valence-corrected chi connectivity index (χ0v) is 13.5. The third kappa shape index (κ3) is 4.20. The average molecular weight is 326 g/mol. The van der Waals surface area contributed by atoms with Crippen molar-refractivity contribution in [3.63, 3.8) is 0 Å². The minimum absolute atomic E-state index is 0.901. The number of halogens is 1. The van der Waals surface area contributed by atoms with Crippen molar-refractivity contribution in [2.45, 2.75) is 19.4 Å². The highest BCUT2D eigenvalue weighted by molar-refractivity contribution is 9.10. The second-order valence-corrected chi connectivity index (χ2v) is 6.13. The van der Waals surface area contributed by atoms with Crippen molar-refractivity contribution in [3.8, 4) is 0 Å². The second-order valence-electron chi connectivity index (χ2n) is 5.28. The van der Waals surface area contributed by atoms with Crippen molar-refractivity contribution >= 4 is 21.6 Å². The Morgan fingerprint density at radius 2 is 2.05 bits per heavy atom. The van der Waals surface area contributed by atoms with Gasteiger partial charge in [0.05, 0.1) is 0 Å². The number of rotatable bonds is 6. The predicted molar refractivity (Wildman–Crippen MR) is 85.8 cm³/mol. The standard InChI is InChI=1S/C15H24BrN3/c1-17-12-13-5-6-14(11-15(13)16)18(2)9-10-19-7-3-4-8-19/h5-6,11,17H,3-4,7-10,12H2,1-2H3. The van der Waals surface area contributed by atoms with Crippen LogP contribution in [-0.2, 0) is 6.54 Å². The lowest BCUT2D eigenvalue weighted by molar-refractivity contribution is 0.346. The zero-order valence-electron chi connectivity index (χ0n) is 12.0. The van der Waals surface area contributed by atoms with Gasteiger partial charge in [0.1, 0.15) is 0 Å². The minimum Gasteiger partial charge on any atom is -0.373 e. The van der Waals surface area contributed by atoms with Gasteiger partial charge in [-0.25, -0.2) is 0 Å². The fourth-order valence-electron chi connectivity index (χ4n) is 2.53. The van der Waals surface area contributed by atoms with Crippen molar-refractivity contribution < 1.29 is 0 Å². The molecule has 4 heteroatoms. The minimum atomic E-state index is 0.901. The van der Waals surface area contributed by atoms with Gasteiger partial charge in [0.25, 0.3) is 0 Å². The molecule has 19 heavy (non-hydrogen) atoms. The first-order chi connectivity index (χ1) is 9.20. The molecule has 1 aromatic carbocycles. The highest BCUT2D eigenvalue weighted by atomic mass is 79.9. The molecule has 0 aliphatic carbocycles. The van der Waals surface area contributed by atoms with Gasteiger partial charge in [0.15, 0.2) is 0 Å². The second kappa shape index (κ2) is 7.27. The van der Waals surface area contributed by atoms with Gasteiger partial charge in [-0.05, 0) is 50.7 Å². The molecule has 1 aliphatic rings. The molecule has 0 bridgehead atoms. The topological polar surface area (TPSA) is 18.5 Å². The number of benzene rings is 1. The van der Waals surface area contributed by atoms with Gasteiger partial charge >= 0.3 is 0 Å². The molecular formula is C15H24BrN3. The molecule has 1 aromatic rings. The van der Waals surface area contributed by atoms with E-state index in [4.69, 9.17) is 0 Å². The van der Waals surface area contributed by atoms with Crippen LogP contribution >= 0.6 is 15.9 Å². The molecule has 1 aliphatic heterocycles. The van der Waals surface area contributed by atoms with Crippen molar-refractivity contribution in [2.75, 3.05) is 45.2 Å². The average Bonchev–Trinajstić information content (AvgIpc) is 2.91. The maximum absolute atomic E-state index is 3.66. The number of hydrogen-bond donors (Lipinski definition) is 1. The van der Waals surface area contributed by atoms with Crippen LogP contribution in [0.15, 0.2) is 22.7 Å². The van der Waals surface area contributed by atoms with Gasteiger partial charge < -0.3 is 15.1 Å². The Kier molecular flexibility index (Phi) is 5.67. The van der Waals surface area contributed by atoms with Crippen LogP contribution in [-0.4, -0.2) is 45.2 Å². The zero-order chi connectivity index (χ0) is 13.7. The van der Waals surface area contributed by atoms with E-state index in [0.29, 0.717) is 0 Å². The Hall–Kier alpha value is -0.580. The first-order valence-corrected chi connectivity index (χ1v) is 7.86. The quantitative estimate of drug-likeness (QED) is 0.867. The van der Waals surface area contributed by atoms with Crippen molar-refractivity contribution in [3.05, 3.63) is 28.2 Å². The molecule has 106 valence electrons. The van der Waals surface area contributed by atoms with E-state index >= 15 is 0 Å². The molecule has 0 radical (unpaired) electrons. The lowest BCUT2D eigenvalue weighted by Gasteiger charge is -2.23. The van der Waals surface area contributed by atoms with Crippen LogP contribution in [0.3, 0.4) is 0 Å². The lowest BCUT2D eigenvalue weighted by Crippen LogP contribution is -2.31. The number of likely N-dealkylation sites (N-methyl/N-ethyl adjacent to an activating group) is 1. The summed E-state index contributed by atoms with van der Waals surface area (Å²) in [7, 11) is 4.15. The molecular weight excluding hydrogens is 302 g/mol. The molecule has 1 N–H and O–H groups in total. The summed E-state index contributed by atoms with van der Waals surface area (Å²) in [5, 5.41) is 3.19. The fraction of sp³-hybridized carbons (Fsp3) is 0.600. The van der Waals surface area contributed by atoms with Crippen LogP contribution < -0.4 is 10.2 Å². The summed E-state index contributed by atoms with van der Waals surface area (Å²) in [6.45, 7) is 5.72. The number of likely N-dealkylation sites (tertiary alicyclic amines) is 1. The highest BCUT2D eigenvalue weighted by Crippen LogP contribution is 2.23. The summed E-state index contributed by atoms with van der Waals surface area (Å²) in [5.41, 5.74) is 2.59. The summed E-state index contributed by atoms with van der Waals surface area (Å²) in [5.74, 6) is 0. The molecule has 0 spiro atoms. The van der Waals surface area contributed by atoms with Gasteiger partial charge in [-0.15, -0.1) is 0 Å². The fourth-order valence-corrected chi connectivity index (χ4v) is 3.04. The van der Waals surface area contributed by atoms with Crippen LogP contribution in [0.4, 0.5) is 5.69 Å². The van der Waals surface area contributed by atoms with Gasteiger partial charge in [-0.3, -0.25) is 0 Å². The summed E-state index contributed by atoms with van der Waals surface area (Å²) in [6.07, 6.45) is 2.74. The van der Waals surface area contributed by atoms with E-state index < -0.39 is 0 Å². The predicted octanol–water partition coefficient (Wildman–Crippen LogP) is 2.70. The van der Waals surface area contributed by atoms with E-state index in [0.717, 1.165) is 13.1 Å².